The molecule has 0 saturated carbocycles. The van der Waals surface area contributed by atoms with Gasteiger partial charge < -0.3 is 14.0 Å². The van der Waals surface area contributed by atoms with Crippen molar-refractivity contribution in [2.75, 3.05) is 6.61 Å². The Bertz CT molecular complexity index is 866. The first-order chi connectivity index (χ1) is 17.6. The summed E-state index contributed by atoms with van der Waals surface area (Å²) in [6.07, 6.45) is 18.0. The van der Waals surface area contributed by atoms with Gasteiger partial charge in [0.05, 0.1) is 17.2 Å². The van der Waals surface area contributed by atoms with Crippen molar-refractivity contribution in [2.24, 2.45) is 0 Å². The average molecular weight is 524 g/mol. The molecule has 0 aliphatic rings. The van der Waals surface area contributed by atoms with Gasteiger partial charge >= 0.3 is 6.16 Å². The third-order valence-corrected chi connectivity index (χ3v) is 6.61. The van der Waals surface area contributed by atoms with Crippen LogP contribution in [0.25, 0.3) is 11.3 Å². The van der Waals surface area contributed by atoms with E-state index in [2.05, 4.69) is 12.1 Å². The Morgan fingerprint density at radius 1 is 0.889 bits per heavy atom. The molecule has 0 bridgehead atoms. The zero-order valence-electron chi connectivity index (χ0n) is 22.1. The Morgan fingerprint density at radius 2 is 1.47 bits per heavy atom. The van der Waals surface area contributed by atoms with E-state index in [4.69, 9.17) is 25.6 Å². The minimum atomic E-state index is -0.848. The third-order valence-electron chi connectivity index (χ3n) is 6.30. The van der Waals surface area contributed by atoms with E-state index >= 15 is 0 Å². The number of halogens is 2. The lowest BCUT2D eigenvalue weighted by Crippen LogP contribution is -2.12. The fraction of sp³-hybridized carbons (Fsp3) is 0.655. The molecule has 5 nitrogen and oxygen atoms in total. The van der Waals surface area contributed by atoms with Crippen LogP contribution in [0.5, 0.6) is 5.75 Å². The Labute approximate surface area is 221 Å². The van der Waals surface area contributed by atoms with Crippen LogP contribution in [0.3, 0.4) is 0 Å². The van der Waals surface area contributed by atoms with Crippen molar-refractivity contribution in [2.45, 2.75) is 117 Å². The second-order valence-corrected chi connectivity index (χ2v) is 9.83. The lowest BCUT2D eigenvalue weighted by atomic mass is 10.0. The van der Waals surface area contributed by atoms with E-state index in [0.717, 1.165) is 25.7 Å². The molecule has 0 saturated heterocycles. The second-order valence-electron chi connectivity index (χ2n) is 9.43. The number of benzene rings is 1. The Kier molecular flexibility index (Phi) is 15.2. The van der Waals surface area contributed by atoms with E-state index in [1.165, 1.54) is 82.8 Å². The van der Waals surface area contributed by atoms with Gasteiger partial charge in [0.1, 0.15) is 5.82 Å². The monoisotopic (exact) mass is 523 g/mol. The second kappa shape index (κ2) is 18.2. The zero-order chi connectivity index (χ0) is 26.0. The molecular formula is C29H43ClFNO4. The number of nitrogens with zero attached hydrogens (tertiary/aromatic N) is 1. The molecular weight excluding hydrogens is 481 g/mol. The quantitative estimate of drug-likeness (QED) is 0.135. The highest BCUT2D eigenvalue weighted by molar-refractivity contribution is 6.33. The molecule has 0 fully saturated rings. The van der Waals surface area contributed by atoms with Gasteiger partial charge in [0, 0.05) is 6.42 Å². The summed E-state index contributed by atoms with van der Waals surface area (Å²) >= 11 is 6.17. The van der Waals surface area contributed by atoms with Crippen LogP contribution >= 0.6 is 11.6 Å². The van der Waals surface area contributed by atoms with E-state index in [1.54, 1.807) is 6.07 Å². The molecule has 202 valence electrons. The highest BCUT2D eigenvalue weighted by atomic mass is 35.5. The number of hydrogen-bond donors (Lipinski definition) is 0. The summed E-state index contributed by atoms with van der Waals surface area (Å²) in [5.74, 6) is -0.144. The predicted octanol–water partition coefficient (Wildman–Crippen LogP) is 10.1. The number of aromatic nitrogens is 1. The summed E-state index contributed by atoms with van der Waals surface area (Å²) in [6, 6.07) is 4.32. The Hall–Kier alpha value is -2.08. The summed E-state index contributed by atoms with van der Waals surface area (Å²) in [5, 5.41) is 4.08. The van der Waals surface area contributed by atoms with Crippen LogP contribution in [-0.2, 0) is 11.2 Å². The van der Waals surface area contributed by atoms with Gasteiger partial charge in [-0.05, 0) is 25.0 Å². The van der Waals surface area contributed by atoms with Crippen LogP contribution in [-0.4, -0.2) is 17.9 Å². The largest absolute Gasteiger partial charge is 0.514 e. The van der Waals surface area contributed by atoms with E-state index in [0.29, 0.717) is 12.2 Å². The molecule has 36 heavy (non-hydrogen) atoms. The van der Waals surface area contributed by atoms with Gasteiger partial charge in [0.25, 0.3) is 0 Å². The fourth-order valence-corrected chi connectivity index (χ4v) is 4.51. The van der Waals surface area contributed by atoms with E-state index in [-0.39, 0.29) is 28.6 Å². The van der Waals surface area contributed by atoms with Gasteiger partial charge in [-0.2, -0.15) is 0 Å². The van der Waals surface area contributed by atoms with E-state index < -0.39 is 12.0 Å². The lowest BCUT2D eigenvalue weighted by Gasteiger charge is -2.08. The van der Waals surface area contributed by atoms with Gasteiger partial charge in [-0.25, -0.2) is 9.18 Å². The van der Waals surface area contributed by atoms with Crippen LogP contribution in [0.1, 0.15) is 116 Å². The molecule has 0 unspecified atom stereocenters. The van der Waals surface area contributed by atoms with Crippen LogP contribution in [0.15, 0.2) is 22.7 Å². The standard InChI is InChI=1S/C29H43ClFNO4/c1-3-5-6-7-8-9-10-11-12-13-14-15-16-17-22-34-29(33)35-28-25(19-4-2)36-32-27(28)26-23(30)20-18-21-24(26)31/h18,20-21H,3-17,19,22H2,1-2H3. The summed E-state index contributed by atoms with van der Waals surface area (Å²) in [6.45, 7) is 4.49. The molecule has 7 heteroatoms. The number of unbranched alkanes of at least 4 members (excludes halogenated alkanes) is 13. The maximum atomic E-state index is 14.4. The van der Waals surface area contributed by atoms with Gasteiger partial charge in [-0.3, -0.25) is 0 Å². The number of rotatable bonds is 19. The normalized spacial score (nSPS) is 11.1. The maximum Gasteiger partial charge on any atom is 0.514 e. The highest BCUT2D eigenvalue weighted by Gasteiger charge is 2.26. The third kappa shape index (κ3) is 10.9. The van der Waals surface area contributed by atoms with Gasteiger partial charge in [-0.1, -0.05) is 120 Å². The van der Waals surface area contributed by atoms with Gasteiger partial charge in [-0.15, -0.1) is 0 Å². The molecule has 0 spiro atoms. The summed E-state index contributed by atoms with van der Waals surface area (Å²) in [4.78, 5) is 12.3. The number of aryl methyl sites for hydroxylation is 1. The van der Waals surface area contributed by atoms with Gasteiger partial charge in [0.2, 0.25) is 5.75 Å². The summed E-state index contributed by atoms with van der Waals surface area (Å²) in [7, 11) is 0. The first kappa shape index (κ1) is 30.1. The Morgan fingerprint density at radius 3 is 2.03 bits per heavy atom. The van der Waals surface area contributed by atoms with Crippen molar-refractivity contribution >= 4 is 17.8 Å². The molecule has 1 aromatic heterocycles. The molecule has 0 N–H and O–H groups in total. The summed E-state index contributed by atoms with van der Waals surface area (Å²) in [5.41, 5.74) is 0.107. The van der Waals surface area contributed by atoms with Crippen molar-refractivity contribution in [3.8, 4) is 17.0 Å². The van der Waals surface area contributed by atoms with Crippen LogP contribution in [0, 0.1) is 5.82 Å². The topological polar surface area (TPSA) is 61.6 Å². The van der Waals surface area contributed by atoms with Crippen molar-refractivity contribution < 1.29 is 23.2 Å². The lowest BCUT2D eigenvalue weighted by molar-refractivity contribution is 0.0966. The zero-order valence-corrected chi connectivity index (χ0v) is 22.8. The van der Waals surface area contributed by atoms with E-state index in [9.17, 15) is 9.18 Å². The van der Waals surface area contributed by atoms with Crippen LogP contribution < -0.4 is 4.74 Å². The average Bonchev–Trinajstić information content (AvgIpc) is 3.23. The molecule has 0 aliphatic carbocycles. The Balaban J connectivity index is 1.63. The number of carbonyl (C=O) groups excluding carboxylic acids is 1. The van der Waals surface area contributed by atoms with Crippen LogP contribution in [0.2, 0.25) is 5.02 Å². The molecule has 1 heterocycles. The van der Waals surface area contributed by atoms with Crippen molar-refractivity contribution in [3.63, 3.8) is 0 Å². The molecule has 0 aliphatic heterocycles. The molecule has 0 radical (unpaired) electrons. The molecule has 1 aromatic carbocycles. The van der Waals surface area contributed by atoms with Crippen LogP contribution in [0.4, 0.5) is 9.18 Å². The first-order valence-corrected chi connectivity index (χ1v) is 14.2. The van der Waals surface area contributed by atoms with Crippen molar-refractivity contribution in [3.05, 3.63) is 34.8 Å². The number of hydrogen-bond acceptors (Lipinski definition) is 5. The van der Waals surface area contributed by atoms with E-state index in [1.807, 2.05) is 6.92 Å². The van der Waals surface area contributed by atoms with Crippen molar-refractivity contribution in [1.82, 2.24) is 5.16 Å². The molecule has 2 aromatic rings. The molecule has 0 atom stereocenters. The molecule has 0 amide bonds. The minimum absolute atomic E-state index is 0.0417. The fourth-order valence-electron chi connectivity index (χ4n) is 4.26. The SMILES string of the molecule is CCCCCCCCCCCCCCCCOC(=O)Oc1c(-c2c(F)cccc2Cl)noc1CCC. The summed E-state index contributed by atoms with van der Waals surface area (Å²) < 4.78 is 30.4. The van der Waals surface area contributed by atoms with Gasteiger partial charge in [0.15, 0.2) is 11.5 Å². The highest BCUT2D eigenvalue weighted by Crippen LogP contribution is 2.38. The molecule has 2 rings (SSSR count). The van der Waals surface area contributed by atoms with Crippen molar-refractivity contribution in [1.29, 1.82) is 0 Å². The smallest absolute Gasteiger partial charge is 0.434 e. The predicted molar refractivity (Wildman–Crippen MR) is 143 cm³/mol. The first-order valence-electron chi connectivity index (χ1n) is 13.9. The minimum Gasteiger partial charge on any atom is -0.434 e. The number of carbonyl (C=O) groups is 1. The number of ether oxygens (including phenoxy) is 2. The maximum absolute atomic E-state index is 14.4.